The number of nitrogens with one attached hydrogen (secondary N) is 1. The molecule has 0 bridgehead atoms. The highest BCUT2D eigenvalue weighted by molar-refractivity contribution is 5.83. The van der Waals surface area contributed by atoms with Crippen LogP contribution in [0.1, 0.15) is 24.0 Å². The van der Waals surface area contributed by atoms with Crippen LogP contribution in [-0.2, 0) is 17.8 Å². The van der Waals surface area contributed by atoms with E-state index in [2.05, 4.69) is 17.1 Å². The molecule has 1 aliphatic heterocycles. The number of hydrogen-bond acceptors (Lipinski definition) is 3. The predicted octanol–water partition coefficient (Wildman–Crippen LogP) is 3.92. The third-order valence-corrected chi connectivity index (χ3v) is 4.96. The summed E-state index contributed by atoms with van der Waals surface area (Å²) in [5, 5.41) is 1.24. The van der Waals surface area contributed by atoms with Crippen molar-refractivity contribution in [3.05, 3.63) is 59.8 Å². The van der Waals surface area contributed by atoms with Crippen LogP contribution in [0.5, 0.6) is 11.5 Å². The molecule has 2 heterocycles. The molecule has 1 amide bonds. The standard InChI is InChI=1S/C22H24N2O3/c1-24(15-16-9-10-20-21(13-16)27-12-11-26-20)22(25)8-4-5-17-14-23-19-7-3-2-6-18(17)19/h2-3,6-7,9-10,13-14,23H,4-5,8,11-12,15H2,1H3. The Bertz CT molecular complexity index is 948. The monoisotopic (exact) mass is 364 g/mol. The summed E-state index contributed by atoms with van der Waals surface area (Å²) in [7, 11) is 1.85. The average Bonchev–Trinajstić information content (AvgIpc) is 3.11. The molecular weight excluding hydrogens is 340 g/mol. The quantitative estimate of drug-likeness (QED) is 0.721. The van der Waals surface area contributed by atoms with E-state index in [4.69, 9.17) is 9.47 Å². The van der Waals surface area contributed by atoms with E-state index < -0.39 is 0 Å². The Hall–Kier alpha value is -2.95. The van der Waals surface area contributed by atoms with Crippen molar-refractivity contribution in [1.29, 1.82) is 0 Å². The highest BCUT2D eigenvalue weighted by Crippen LogP contribution is 2.31. The number of H-pyrrole nitrogens is 1. The summed E-state index contributed by atoms with van der Waals surface area (Å²) in [5.74, 6) is 1.70. The minimum atomic E-state index is 0.157. The van der Waals surface area contributed by atoms with E-state index in [0.717, 1.165) is 35.4 Å². The molecule has 5 heteroatoms. The van der Waals surface area contributed by atoms with Crippen LogP contribution in [-0.4, -0.2) is 36.1 Å². The molecular formula is C22H24N2O3. The van der Waals surface area contributed by atoms with Crippen LogP contribution in [0.4, 0.5) is 0 Å². The molecule has 0 radical (unpaired) electrons. The van der Waals surface area contributed by atoms with Crippen molar-refractivity contribution in [2.45, 2.75) is 25.8 Å². The van der Waals surface area contributed by atoms with Crippen molar-refractivity contribution in [2.75, 3.05) is 20.3 Å². The number of benzene rings is 2. The fourth-order valence-corrected chi connectivity index (χ4v) is 3.51. The molecule has 0 unspecified atom stereocenters. The lowest BCUT2D eigenvalue weighted by atomic mass is 10.1. The summed E-state index contributed by atoms with van der Waals surface area (Å²) >= 11 is 0. The number of aromatic amines is 1. The summed E-state index contributed by atoms with van der Waals surface area (Å²) < 4.78 is 11.2. The maximum absolute atomic E-state index is 12.5. The van der Waals surface area contributed by atoms with E-state index in [1.54, 1.807) is 4.90 Å². The molecule has 0 aliphatic carbocycles. The van der Waals surface area contributed by atoms with Gasteiger partial charge in [-0.15, -0.1) is 0 Å². The van der Waals surface area contributed by atoms with E-state index in [1.165, 1.54) is 10.9 Å². The van der Waals surface area contributed by atoms with Gasteiger partial charge in [0.1, 0.15) is 13.2 Å². The Morgan fingerprint density at radius 2 is 1.93 bits per heavy atom. The van der Waals surface area contributed by atoms with Crippen molar-refractivity contribution >= 4 is 16.8 Å². The summed E-state index contributed by atoms with van der Waals surface area (Å²) in [4.78, 5) is 17.6. The molecule has 0 atom stereocenters. The molecule has 0 saturated heterocycles. The summed E-state index contributed by atoms with van der Waals surface area (Å²) in [6, 6.07) is 14.1. The van der Waals surface area contributed by atoms with E-state index in [1.807, 2.05) is 43.6 Å². The number of aryl methyl sites for hydroxylation is 1. The Labute approximate surface area is 158 Å². The van der Waals surface area contributed by atoms with Gasteiger partial charge in [-0.25, -0.2) is 0 Å². The number of aromatic nitrogens is 1. The number of nitrogens with zero attached hydrogens (tertiary/aromatic N) is 1. The maximum atomic E-state index is 12.5. The smallest absolute Gasteiger partial charge is 0.222 e. The molecule has 1 aliphatic rings. The van der Waals surface area contributed by atoms with Gasteiger partial charge in [0.25, 0.3) is 0 Å². The van der Waals surface area contributed by atoms with Gasteiger partial charge in [0.15, 0.2) is 11.5 Å². The third kappa shape index (κ3) is 3.92. The van der Waals surface area contributed by atoms with Gasteiger partial charge in [0.05, 0.1) is 0 Å². The molecule has 2 aromatic carbocycles. The second-order valence-electron chi connectivity index (χ2n) is 6.94. The number of rotatable bonds is 6. The summed E-state index contributed by atoms with van der Waals surface area (Å²) in [6.07, 6.45) is 4.33. The van der Waals surface area contributed by atoms with E-state index in [9.17, 15) is 4.79 Å². The molecule has 1 aromatic heterocycles. The van der Waals surface area contributed by atoms with Gasteiger partial charge in [0, 0.05) is 37.1 Å². The maximum Gasteiger partial charge on any atom is 0.222 e. The highest BCUT2D eigenvalue weighted by atomic mass is 16.6. The molecule has 0 saturated carbocycles. The third-order valence-electron chi connectivity index (χ3n) is 4.96. The molecule has 0 spiro atoms. The zero-order valence-electron chi connectivity index (χ0n) is 15.5. The predicted molar refractivity (Wildman–Crippen MR) is 105 cm³/mol. The number of carbonyl (C=O) groups is 1. The van der Waals surface area contributed by atoms with Crippen LogP contribution < -0.4 is 9.47 Å². The Morgan fingerprint density at radius 3 is 2.81 bits per heavy atom. The van der Waals surface area contributed by atoms with Gasteiger partial charge in [-0.3, -0.25) is 4.79 Å². The SMILES string of the molecule is CN(Cc1ccc2c(c1)OCCO2)C(=O)CCCc1c[nH]c2ccccc12. The van der Waals surface area contributed by atoms with Crippen molar-refractivity contribution in [3.8, 4) is 11.5 Å². The Morgan fingerprint density at radius 1 is 1.11 bits per heavy atom. The lowest BCUT2D eigenvalue weighted by molar-refractivity contribution is -0.130. The van der Waals surface area contributed by atoms with Crippen LogP contribution in [0.25, 0.3) is 10.9 Å². The topological polar surface area (TPSA) is 54.6 Å². The fraction of sp³-hybridized carbons (Fsp3) is 0.318. The van der Waals surface area contributed by atoms with Crippen molar-refractivity contribution < 1.29 is 14.3 Å². The minimum Gasteiger partial charge on any atom is -0.486 e. The van der Waals surface area contributed by atoms with E-state index in [-0.39, 0.29) is 5.91 Å². The van der Waals surface area contributed by atoms with Gasteiger partial charge in [-0.05, 0) is 42.2 Å². The van der Waals surface area contributed by atoms with Crippen LogP contribution in [0.15, 0.2) is 48.7 Å². The number of fused-ring (bicyclic) bond motifs is 2. The highest BCUT2D eigenvalue weighted by Gasteiger charge is 2.14. The first-order valence-electron chi connectivity index (χ1n) is 9.38. The van der Waals surface area contributed by atoms with Crippen molar-refractivity contribution in [3.63, 3.8) is 0 Å². The number of para-hydroxylation sites is 1. The second kappa shape index (κ2) is 7.74. The first-order valence-corrected chi connectivity index (χ1v) is 9.38. The summed E-state index contributed by atoms with van der Waals surface area (Å²) in [6.45, 7) is 1.72. The normalized spacial score (nSPS) is 12.9. The average molecular weight is 364 g/mol. The fourth-order valence-electron chi connectivity index (χ4n) is 3.51. The van der Waals surface area contributed by atoms with Gasteiger partial charge in [-0.2, -0.15) is 0 Å². The van der Waals surface area contributed by atoms with Crippen molar-refractivity contribution in [1.82, 2.24) is 9.88 Å². The Kier molecular flexibility index (Phi) is 5.01. The first-order chi connectivity index (χ1) is 13.2. The molecule has 3 aromatic rings. The number of carbonyl (C=O) groups excluding carboxylic acids is 1. The molecule has 4 rings (SSSR count). The minimum absolute atomic E-state index is 0.157. The molecule has 1 N–H and O–H groups in total. The number of hydrogen-bond donors (Lipinski definition) is 1. The Balaban J connectivity index is 1.30. The second-order valence-corrected chi connectivity index (χ2v) is 6.94. The molecule has 0 fully saturated rings. The van der Waals surface area contributed by atoms with Crippen LogP contribution in [0.2, 0.25) is 0 Å². The number of ether oxygens (including phenoxy) is 2. The van der Waals surface area contributed by atoms with Crippen LogP contribution in [0, 0.1) is 0 Å². The largest absolute Gasteiger partial charge is 0.486 e. The molecule has 140 valence electrons. The van der Waals surface area contributed by atoms with E-state index in [0.29, 0.717) is 26.2 Å². The van der Waals surface area contributed by atoms with Crippen LogP contribution in [0.3, 0.4) is 0 Å². The van der Waals surface area contributed by atoms with Gasteiger partial charge in [-0.1, -0.05) is 24.3 Å². The zero-order chi connectivity index (χ0) is 18.6. The molecule has 5 nitrogen and oxygen atoms in total. The van der Waals surface area contributed by atoms with Crippen molar-refractivity contribution in [2.24, 2.45) is 0 Å². The van der Waals surface area contributed by atoms with Gasteiger partial charge in [0.2, 0.25) is 5.91 Å². The first kappa shape index (κ1) is 17.5. The lowest BCUT2D eigenvalue weighted by Crippen LogP contribution is -2.26. The number of amides is 1. The van der Waals surface area contributed by atoms with Crippen LogP contribution >= 0.6 is 0 Å². The van der Waals surface area contributed by atoms with Gasteiger partial charge >= 0.3 is 0 Å². The summed E-state index contributed by atoms with van der Waals surface area (Å²) in [5.41, 5.74) is 3.47. The lowest BCUT2D eigenvalue weighted by Gasteiger charge is -2.21. The zero-order valence-corrected chi connectivity index (χ0v) is 15.5. The molecule has 27 heavy (non-hydrogen) atoms. The van der Waals surface area contributed by atoms with E-state index >= 15 is 0 Å². The van der Waals surface area contributed by atoms with Gasteiger partial charge < -0.3 is 19.4 Å².